The Morgan fingerprint density at radius 3 is 2.82 bits per heavy atom. The van der Waals surface area contributed by atoms with Gasteiger partial charge in [-0.3, -0.25) is 4.79 Å². The van der Waals surface area contributed by atoms with E-state index >= 15 is 0 Å². The lowest BCUT2D eigenvalue weighted by molar-refractivity contribution is 0.102. The first-order valence-corrected chi connectivity index (χ1v) is 8.74. The summed E-state index contributed by atoms with van der Waals surface area (Å²) in [5.41, 5.74) is 8.68. The second kappa shape index (κ2) is 6.31. The van der Waals surface area contributed by atoms with Gasteiger partial charge >= 0.3 is 0 Å². The van der Waals surface area contributed by atoms with Gasteiger partial charge in [-0.2, -0.15) is 0 Å². The molecule has 3 nitrogen and oxygen atoms in total. The first kappa shape index (κ1) is 15.4. The zero-order valence-electron chi connectivity index (χ0n) is 12.5. The van der Waals surface area contributed by atoms with E-state index in [1.54, 1.807) is 35.6 Å². The van der Waals surface area contributed by atoms with Gasteiger partial charge in [0.05, 0.1) is 10.6 Å². The number of hydrogen-bond acceptors (Lipinski definition) is 3. The van der Waals surface area contributed by atoms with Gasteiger partial charge in [-0.05, 0) is 55.0 Å². The normalized spacial score (nSPS) is 17.1. The highest BCUT2D eigenvalue weighted by molar-refractivity contribution is 7.16. The molecule has 22 heavy (non-hydrogen) atoms. The average molecular weight is 335 g/mol. The van der Waals surface area contributed by atoms with E-state index in [0.29, 0.717) is 15.6 Å². The van der Waals surface area contributed by atoms with Crippen molar-refractivity contribution in [3.63, 3.8) is 0 Å². The van der Waals surface area contributed by atoms with Gasteiger partial charge in [-0.1, -0.05) is 24.9 Å². The Kier molecular flexibility index (Phi) is 4.41. The number of hydrogen-bond donors (Lipinski definition) is 2. The summed E-state index contributed by atoms with van der Waals surface area (Å²) in [5, 5.41) is 4.20. The van der Waals surface area contributed by atoms with Crippen LogP contribution in [-0.4, -0.2) is 5.91 Å². The summed E-state index contributed by atoms with van der Waals surface area (Å²) in [6, 6.07) is 7.11. The minimum atomic E-state index is -0.118. The van der Waals surface area contributed by atoms with Crippen LogP contribution in [0.3, 0.4) is 0 Å². The van der Waals surface area contributed by atoms with Crippen molar-refractivity contribution in [2.45, 2.75) is 32.6 Å². The molecule has 0 fully saturated rings. The van der Waals surface area contributed by atoms with E-state index in [1.165, 1.54) is 11.3 Å². The standard InChI is InChI=1S/C17H19ClN2OS/c1-2-10-3-8-13-14(9-10)22-16(19)15(13)17(21)20-12-6-4-11(18)5-7-12/h4-7,10H,2-3,8-9,19H2,1H3,(H,20,21)/t10-/m0/s1. The molecule has 1 heterocycles. The monoisotopic (exact) mass is 334 g/mol. The van der Waals surface area contributed by atoms with Crippen LogP contribution >= 0.6 is 22.9 Å². The van der Waals surface area contributed by atoms with Gasteiger partial charge in [0.25, 0.3) is 5.91 Å². The van der Waals surface area contributed by atoms with Crippen LogP contribution in [0.5, 0.6) is 0 Å². The summed E-state index contributed by atoms with van der Waals surface area (Å²) in [4.78, 5) is 13.9. The molecule has 1 aromatic heterocycles. The van der Waals surface area contributed by atoms with Crippen molar-refractivity contribution in [1.29, 1.82) is 0 Å². The van der Waals surface area contributed by atoms with Crippen LogP contribution in [0.15, 0.2) is 24.3 Å². The Balaban J connectivity index is 1.84. The fourth-order valence-corrected chi connectivity index (χ4v) is 4.36. The van der Waals surface area contributed by atoms with E-state index in [2.05, 4.69) is 12.2 Å². The van der Waals surface area contributed by atoms with Gasteiger partial charge < -0.3 is 11.1 Å². The van der Waals surface area contributed by atoms with Gasteiger partial charge in [0.1, 0.15) is 0 Å². The molecule has 1 atom stereocenters. The number of nitrogens with one attached hydrogen (secondary N) is 1. The number of nitrogens with two attached hydrogens (primary N) is 1. The molecule has 2 aromatic rings. The van der Waals surface area contributed by atoms with Crippen LogP contribution in [0.25, 0.3) is 0 Å². The van der Waals surface area contributed by atoms with Crippen LogP contribution in [0.1, 0.15) is 40.6 Å². The van der Waals surface area contributed by atoms with Crippen molar-refractivity contribution >= 4 is 39.5 Å². The average Bonchev–Trinajstić information content (AvgIpc) is 2.84. The summed E-state index contributed by atoms with van der Waals surface area (Å²) in [7, 11) is 0. The lowest BCUT2D eigenvalue weighted by Gasteiger charge is -2.21. The lowest BCUT2D eigenvalue weighted by atomic mass is 9.85. The van der Waals surface area contributed by atoms with Gasteiger partial charge in [-0.15, -0.1) is 11.3 Å². The number of amides is 1. The molecule has 0 saturated carbocycles. The van der Waals surface area contributed by atoms with Crippen molar-refractivity contribution < 1.29 is 4.79 Å². The molecule has 0 bridgehead atoms. The zero-order chi connectivity index (χ0) is 15.7. The Labute approximate surface area is 139 Å². The van der Waals surface area contributed by atoms with Gasteiger partial charge in [-0.25, -0.2) is 0 Å². The van der Waals surface area contributed by atoms with Crippen LogP contribution < -0.4 is 11.1 Å². The van der Waals surface area contributed by atoms with Crippen molar-refractivity contribution in [2.24, 2.45) is 5.92 Å². The summed E-state index contributed by atoms with van der Waals surface area (Å²) < 4.78 is 0. The molecule has 0 spiro atoms. The smallest absolute Gasteiger partial charge is 0.258 e. The van der Waals surface area contributed by atoms with Crippen molar-refractivity contribution in [3.05, 3.63) is 45.3 Å². The van der Waals surface area contributed by atoms with Crippen molar-refractivity contribution in [3.8, 4) is 0 Å². The molecule has 0 aliphatic heterocycles. The quantitative estimate of drug-likeness (QED) is 0.850. The molecule has 0 unspecified atom stereocenters. The number of carbonyl (C=O) groups is 1. The summed E-state index contributed by atoms with van der Waals surface area (Å²) in [6.45, 7) is 2.22. The maximum absolute atomic E-state index is 12.6. The number of carbonyl (C=O) groups excluding carboxylic acids is 1. The third kappa shape index (κ3) is 2.99. The second-order valence-electron chi connectivity index (χ2n) is 5.72. The van der Waals surface area contributed by atoms with E-state index < -0.39 is 0 Å². The largest absolute Gasteiger partial charge is 0.390 e. The molecule has 1 aromatic carbocycles. The van der Waals surface area contributed by atoms with Gasteiger partial charge in [0.2, 0.25) is 0 Å². The Morgan fingerprint density at radius 1 is 1.41 bits per heavy atom. The molecule has 0 saturated heterocycles. The lowest BCUT2D eigenvalue weighted by Crippen LogP contribution is -2.18. The molecule has 116 valence electrons. The fourth-order valence-electron chi connectivity index (χ4n) is 3.00. The molecular formula is C17H19ClN2OS. The fraction of sp³-hybridized carbons (Fsp3) is 0.353. The minimum absolute atomic E-state index is 0.118. The number of anilines is 2. The van der Waals surface area contributed by atoms with E-state index in [-0.39, 0.29) is 5.91 Å². The molecule has 1 aliphatic rings. The van der Waals surface area contributed by atoms with Crippen LogP contribution in [-0.2, 0) is 12.8 Å². The molecule has 3 N–H and O–H groups in total. The Morgan fingerprint density at radius 2 is 2.14 bits per heavy atom. The minimum Gasteiger partial charge on any atom is -0.390 e. The number of fused-ring (bicyclic) bond motifs is 1. The van der Waals surface area contributed by atoms with Crippen LogP contribution in [0, 0.1) is 5.92 Å². The Bertz CT molecular complexity index is 693. The number of benzene rings is 1. The number of thiophene rings is 1. The molecule has 1 amide bonds. The topological polar surface area (TPSA) is 55.1 Å². The maximum Gasteiger partial charge on any atom is 0.258 e. The second-order valence-corrected chi connectivity index (χ2v) is 7.29. The van der Waals surface area contributed by atoms with E-state index in [1.807, 2.05) is 0 Å². The molecule has 0 radical (unpaired) electrons. The highest BCUT2D eigenvalue weighted by atomic mass is 35.5. The highest BCUT2D eigenvalue weighted by Crippen LogP contribution is 2.39. The summed E-state index contributed by atoms with van der Waals surface area (Å²) in [6.07, 6.45) is 4.32. The zero-order valence-corrected chi connectivity index (χ0v) is 14.1. The molecule has 3 rings (SSSR count). The summed E-state index contributed by atoms with van der Waals surface area (Å²) >= 11 is 7.44. The molecule has 5 heteroatoms. The SMILES string of the molecule is CC[C@H]1CCc2c(sc(N)c2C(=O)Nc2ccc(Cl)cc2)C1. The van der Waals surface area contributed by atoms with E-state index in [0.717, 1.165) is 36.4 Å². The first-order chi connectivity index (χ1) is 10.6. The van der Waals surface area contributed by atoms with Crippen molar-refractivity contribution in [2.75, 3.05) is 11.1 Å². The Hall–Kier alpha value is -1.52. The highest BCUT2D eigenvalue weighted by Gasteiger charge is 2.27. The third-order valence-electron chi connectivity index (χ3n) is 4.30. The molecular weight excluding hydrogens is 316 g/mol. The van der Waals surface area contributed by atoms with Crippen LogP contribution in [0.4, 0.5) is 10.7 Å². The number of rotatable bonds is 3. The van der Waals surface area contributed by atoms with Crippen LogP contribution in [0.2, 0.25) is 5.02 Å². The van der Waals surface area contributed by atoms with E-state index in [4.69, 9.17) is 17.3 Å². The predicted molar refractivity (Wildman–Crippen MR) is 93.9 cm³/mol. The van der Waals surface area contributed by atoms with E-state index in [9.17, 15) is 4.79 Å². The number of nitrogen functional groups attached to an aromatic ring is 1. The summed E-state index contributed by atoms with van der Waals surface area (Å²) in [5.74, 6) is 0.602. The number of halogens is 1. The molecule has 1 aliphatic carbocycles. The van der Waals surface area contributed by atoms with Crippen molar-refractivity contribution in [1.82, 2.24) is 0 Å². The maximum atomic E-state index is 12.6. The first-order valence-electron chi connectivity index (χ1n) is 7.55. The predicted octanol–water partition coefficient (Wildman–Crippen LogP) is 4.75. The third-order valence-corrected chi connectivity index (χ3v) is 5.64. The van der Waals surface area contributed by atoms with Gasteiger partial charge in [0, 0.05) is 15.6 Å². The van der Waals surface area contributed by atoms with Gasteiger partial charge in [0.15, 0.2) is 0 Å².